The van der Waals surface area contributed by atoms with Crippen LogP contribution in [0.5, 0.6) is 0 Å². The van der Waals surface area contributed by atoms with Gasteiger partial charge in [-0.25, -0.2) is 4.79 Å². The summed E-state index contributed by atoms with van der Waals surface area (Å²) in [7, 11) is 0. The molecule has 4 rings (SSSR count). The van der Waals surface area contributed by atoms with Gasteiger partial charge in [-0.2, -0.15) is 0 Å². The van der Waals surface area contributed by atoms with E-state index in [-0.39, 0.29) is 5.97 Å². The summed E-state index contributed by atoms with van der Waals surface area (Å²) in [5, 5.41) is 0. The summed E-state index contributed by atoms with van der Waals surface area (Å²) in [5.74, 6) is -0.301. The Morgan fingerprint density at radius 3 is 2.59 bits per heavy atom. The molecule has 0 saturated carbocycles. The number of carbonyl (C=O) groups excluding carboxylic acids is 1. The summed E-state index contributed by atoms with van der Waals surface area (Å²) in [6, 6.07) is 18.1. The fourth-order valence-electron chi connectivity index (χ4n) is 3.69. The minimum absolute atomic E-state index is 0.301. The third-order valence-electron chi connectivity index (χ3n) is 5.16. The van der Waals surface area contributed by atoms with E-state index in [1.807, 2.05) is 29.0 Å². The number of benzene rings is 2. The average molecular weight is 378 g/mol. The number of esters is 1. The van der Waals surface area contributed by atoms with Crippen molar-refractivity contribution in [3.05, 3.63) is 88.5 Å². The highest BCUT2D eigenvalue weighted by molar-refractivity contribution is 7.71. The van der Waals surface area contributed by atoms with Gasteiger partial charge in [0, 0.05) is 18.4 Å². The molecule has 3 aromatic rings. The molecule has 2 aromatic carbocycles. The smallest absolute Gasteiger partial charge is 0.338 e. The van der Waals surface area contributed by atoms with Gasteiger partial charge in [-0.1, -0.05) is 42.5 Å². The summed E-state index contributed by atoms with van der Waals surface area (Å²) in [4.78, 5) is 12.0. The lowest BCUT2D eigenvalue weighted by Gasteiger charge is -2.25. The molecule has 1 heterocycles. The molecule has 0 bridgehead atoms. The number of carbonyl (C=O) groups is 1. The average Bonchev–Trinajstić information content (AvgIpc) is 3.08. The van der Waals surface area contributed by atoms with E-state index in [4.69, 9.17) is 17.0 Å². The molecule has 0 spiro atoms. The van der Waals surface area contributed by atoms with Crippen molar-refractivity contribution in [2.24, 2.45) is 0 Å². The van der Waals surface area contributed by atoms with Crippen LogP contribution in [-0.4, -0.2) is 21.7 Å². The van der Waals surface area contributed by atoms with Crippen molar-refractivity contribution in [3.8, 4) is 0 Å². The molecule has 0 fully saturated rings. The van der Waals surface area contributed by atoms with Gasteiger partial charge in [0.1, 0.15) is 6.61 Å². The van der Waals surface area contributed by atoms with E-state index < -0.39 is 0 Å². The Bertz CT molecular complexity index is 991. The van der Waals surface area contributed by atoms with Crippen LogP contribution in [0.4, 0.5) is 0 Å². The number of hydrogen-bond acceptors (Lipinski definition) is 3. The first-order valence-corrected chi connectivity index (χ1v) is 9.69. The zero-order valence-electron chi connectivity index (χ0n) is 15.1. The van der Waals surface area contributed by atoms with Gasteiger partial charge in [-0.15, -0.1) is 0 Å². The summed E-state index contributed by atoms with van der Waals surface area (Å²) in [6.07, 6.45) is 7.23. The van der Waals surface area contributed by atoms with Crippen LogP contribution in [0.3, 0.4) is 0 Å². The van der Waals surface area contributed by atoms with E-state index in [0.717, 1.165) is 24.0 Å². The van der Waals surface area contributed by atoms with Crippen LogP contribution in [0.2, 0.25) is 0 Å². The normalized spacial score (nSPS) is 15.9. The Balaban J connectivity index is 1.38. The lowest BCUT2D eigenvalue weighted by atomic mass is 9.88. The molecule has 4 nitrogen and oxygen atoms in total. The summed E-state index contributed by atoms with van der Waals surface area (Å²) >= 11 is 5.66. The SMILES string of the molecule is O=C(OCCn1ccn(C2CCc3ccccc3C2)c1=S)c1ccccc1. The molecule has 0 saturated heterocycles. The second-order valence-corrected chi connectivity index (χ2v) is 7.21. The molecule has 138 valence electrons. The topological polar surface area (TPSA) is 36.2 Å². The van der Waals surface area contributed by atoms with E-state index in [9.17, 15) is 4.79 Å². The van der Waals surface area contributed by atoms with Crippen molar-refractivity contribution < 1.29 is 9.53 Å². The van der Waals surface area contributed by atoms with E-state index in [2.05, 4.69) is 35.0 Å². The number of imidazole rings is 1. The van der Waals surface area contributed by atoms with Gasteiger partial charge in [-0.05, 0) is 54.7 Å². The second kappa shape index (κ2) is 7.92. The molecular formula is C22H22N2O2S. The van der Waals surface area contributed by atoms with Crippen LogP contribution in [0.15, 0.2) is 67.0 Å². The van der Waals surface area contributed by atoms with Crippen molar-refractivity contribution in [1.82, 2.24) is 9.13 Å². The Kier molecular flexibility index (Phi) is 5.21. The fraction of sp³-hybridized carbons (Fsp3) is 0.273. The molecule has 0 amide bonds. The highest BCUT2D eigenvalue weighted by atomic mass is 32.1. The highest BCUT2D eigenvalue weighted by Gasteiger charge is 2.20. The summed E-state index contributed by atoms with van der Waals surface area (Å²) in [6.45, 7) is 0.868. The summed E-state index contributed by atoms with van der Waals surface area (Å²) in [5.41, 5.74) is 3.44. The van der Waals surface area contributed by atoms with Crippen molar-refractivity contribution >= 4 is 18.2 Å². The molecule has 0 aliphatic heterocycles. The first kappa shape index (κ1) is 17.7. The fourth-order valence-corrected chi connectivity index (χ4v) is 4.05. The van der Waals surface area contributed by atoms with E-state index in [1.54, 1.807) is 12.1 Å². The Morgan fingerprint density at radius 2 is 1.78 bits per heavy atom. The van der Waals surface area contributed by atoms with Gasteiger partial charge in [0.05, 0.1) is 12.1 Å². The van der Waals surface area contributed by atoms with Gasteiger partial charge in [-0.3, -0.25) is 0 Å². The maximum absolute atomic E-state index is 12.0. The first-order valence-electron chi connectivity index (χ1n) is 9.28. The molecule has 1 aromatic heterocycles. The predicted molar refractivity (Wildman–Crippen MR) is 107 cm³/mol. The molecule has 1 unspecified atom stereocenters. The third kappa shape index (κ3) is 3.88. The van der Waals surface area contributed by atoms with Crippen molar-refractivity contribution in [1.29, 1.82) is 0 Å². The number of fused-ring (bicyclic) bond motifs is 1. The number of nitrogens with zero attached hydrogens (tertiary/aromatic N) is 2. The van der Waals surface area contributed by atoms with Crippen LogP contribution in [0.1, 0.15) is 33.9 Å². The number of aromatic nitrogens is 2. The standard InChI is InChI=1S/C22H22N2O2S/c25-21(18-7-2-1-3-8-18)26-15-14-23-12-13-24(22(23)27)20-11-10-17-6-4-5-9-19(17)16-20/h1-9,12-13,20H,10-11,14-16H2. The summed E-state index contributed by atoms with van der Waals surface area (Å²) < 4.78 is 10.3. The lowest BCUT2D eigenvalue weighted by Crippen LogP contribution is -2.19. The van der Waals surface area contributed by atoms with E-state index in [1.165, 1.54) is 11.1 Å². The van der Waals surface area contributed by atoms with Gasteiger partial charge >= 0.3 is 5.97 Å². The van der Waals surface area contributed by atoms with Gasteiger partial charge in [0.15, 0.2) is 4.77 Å². The maximum atomic E-state index is 12.0. The molecule has 1 aliphatic rings. The first-order chi connectivity index (χ1) is 13.2. The minimum atomic E-state index is -0.301. The molecule has 5 heteroatoms. The van der Waals surface area contributed by atoms with E-state index >= 15 is 0 Å². The zero-order valence-corrected chi connectivity index (χ0v) is 15.9. The molecule has 0 radical (unpaired) electrons. The monoisotopic (exact) mass is 378 g/mol. The molecule has 1 aliphatic carbocycles. The van der Waals surface area contributed by atoms with Crippen molar-refractivity contribution in [2.75, 3.05) is 6.61 Å². The Labute approximate surface area is 164 Å². The predicted octanol–water partition coefficient (Wildman–Crippen LogP) is 4.61. The maximum Gasteiger partial charge on any atom is 0.338 e. The highest BCUT2D eigenvalue weighted by Crippen LogP contribution is 2.29. The van der Waals surface area contributed by atoms with Crippen LogP contribution in [-0.2, 0) is 24.1 Å². The van der Waals surface area contributed by atoms with E-state index in [0.29, 0.717) is 24.8 Å². The largest absolute Gasteiger partial charge is 0.460 e. The minimum Gasteiger partial charge on any atom is -0.460 e. The lowest BCUT2D eigenvalue weighted by molar-refractivity contribution is 0.0490. The van der Waals surface area contributed by atoms with Crippen LogP contribution in [0, 0.1) is 4.77 Å². The van der Waals surface area contributed by atoms with Crippen LogP contribution >= 0.6 is 12.2 Å². The molecule has 1 atom stereocenters. The molecule has 0 N–H and O–H groups in total. The van der Waals surface area contributed by atoms with Crippen molar-refractivity contribution in [3.63, 3.8) is 0 Å². The van der Waals surface area contributed by atoms with Crippen molar-refractivity contribution in [2.45, 2.75) is 31.8 Å². The Hall–Kier alpha value is -2.66. The number of ether oxygens (including phenoxy) is 1. The quantitative estimate of drug-likeness (QED) is 0.481. The van der Waals surface area contributed by atoms with Gasteiger partial charge < -0.3 is 13.9 Å². The number of rotatable bonds is 5. The molecular weight excluding hydrogens is 356 g/mol. The third-order valence-corrected chi connectivity index (χ3v) is 5.61. The Morgan fingerprint density at radius 1 is 1.04 bits per heavy atom. The van der Waals surface area contributed by atoms with Crippen LogP contribution in [0.25, 0.3) is 0 Å². The van der Waals surface area contributed by atoms with Gasteiger partial charge in [0.2, 0.25) is 0 Å². The number of hydrogen-bond donors (Lipinski definition) is 0. The second-order valence-electron chi connectivity index (χ2n) is 6.85. The number of aryl methyl sites for hydroxylation is 1. The van der Waals surface area contributed by atoms with Crippen LogP contribution < -0.4 is 0 Å². The van der Waals surface area contributed by atoms with Gasteiger partial charge in [0.25, 0.3) is 0 Å². The zero-order chi connectivity index (χ0) is 18.6. The molecule has 27 heavy (non-hydrogen) atoms.